The maximum absolute atomic E-state index is 11.2. The molecule has 0 spiro atoms. The van der Waals surface area contributed by atoms with Crippen molar-refractivity contribution in [3.8, 4) is 0 Å². The van der Waals surface area contributed by atoms with Crippen LogP contribution in [0.5, 0.6) is 0 Å². The highest BCUT2D eigenvalue weighted by atomic mass is 16.1. The van der Waals surface area contributed by atoms with Gasteiger partial charge in [-0.2, -0.15) is 0 Å². The van der Waals surface area contributed by atoms with Gasteiger partial charge in [0.2, 0.25) is 0 Å². The first-order chi connectivity index (χ1) is 7.66. The minimum atomic E-state index is 0.293. The summed E-state index contributed by atoms with van der Waals surface area (Å²) in [5, 5.41) is 0. The zero-order chi connectivity index (χ0) is 11.5. The number of aryl methyl sites for hydroxylation is 1. The largest absolute Gasteiger partial charge is 0.337 e. The van der Waals surface area contributed by atoms with Gasteiger partial charge in [0.1, 0.15) is 5.78 Å². The van der Waals surface area contributed by atoms with Crippen LogP contribution in [-0.2, 0) is 18.4 Å². The molecule has 1 fully saturated rings. The second-order valence-electron chi connectivity index (χ2n) is 4.67. The minimum Gasteiger partial charge on any atom is -0.337 e. The third kappa shape index (κ3) is 2.50. The lowest BCUT2D eigenvalue weighted by Gasteiger charge is -2.23. The van der Waals surface area contributed by atoms with Gasteiger partial charge in [-0.1, -0.05) is 0 Å². The Morgan fingerprint density at radius 1 is 1.62 bits per heavy atom. The number of aromatic nitrogens is 2. The molecule has 0 amide bonds. The lowest BCUT2D eigenvalue weighted by molar-refractivity contribution is -0.118. The van der Waals surface area contributed by atoms with Gasteiger partial charge in [-0.15, -0.1) is 0 Å². The van der Waals surface area contributed by atoms with Crippen molar-refractivity contribution < 1.29 is 4.79 Å². The molecule has 16 heavy (non-hydrogen) atoms. The first kappa shape index (κ1) is 11.3. The zero-order valence-electron chi connectivity index (χ0n) is 10.0. The van der Waals surface area contributed by atoms with E-state index in [1.807, 2.05) is 24.1 Å². The molecule has 1 saturated heterocycles. The Balaban J connectivity index is 1.98. The van der Waals surface area contributed by atoms with E-state index in [2.05, 4.69) is 9.88 Å². The number of nitrogens with zero attached hydrogens (tertiary/aromatic N) is 3. The van der Waals surface area contributed by atoms with Crippen molar-refractivity contribution in [3.05, 3.63) is 18.2 Å². The molecule has 1 aromatic rings. The van der Waals surface area contributed by atoms with Gasteiger partial charge in [-0.25, -0.2) is 4.98 Å². The summed E-state index contributed by atoms with van der Waals surface area (Å²) in [6.07, 6.45) is 6.78. The Kier molecular flexibility index (Phi) is 3.39. The van der Waals surface area contributed by atoms with Crippen LogP contribution in [0.2, 0.25) is 0 Å². The lowest BCUT2D eigenvalue weighted by Crippen LogP contribution is -2.31. The molecule has 4 nitrogen and oxygen atoms in total. The van der Waals surface area contributed by atoms with E-state index in [4.69, 9.17) is 0 Å². The molecular weight excluding hydrogens is 202 g/mol. The monoisotopic (exact) mass is 221 g/mol. The lowest BCUT2D eigenvalue weighted by atomic mass is 10.1. The van der Waals surface area contributed by atoms with Gasteiger partial charge < -0.3 is 4.57 Å². The number of carbonyl (C=O) groups is 1. The molecule has 0 aliphatic carbocycles. The molecule has 2 rings (SSSR count). The van der Waals surface area contributed by atoms with Crippen molar-refractivity contribution in [1.29, 1.82) is 0 Å². The Morgan fingerprint density at radius 2 is 2.44 bits per heavy atom. The van der Waals surface area contributed by atoms with Crippen LogP contribution in [0, 0.1) is 0 Å². The SMILES string of the molecule is CC(=O)CC1CCCN1Cc1cncn1C. The van der Waals surface area contributed by atoms with Gasteiger partial charge in [-0.3, -0.25) is 9.69 Å². The zero-order valence-corrected chi connectivity index (χ0v) is 10.0. The first-order valence-corrected chi connectivity index (χ1v) is 5.85. The highest BCUT2D eigenvalue weighted by Gasteiger charge is 2.25. The van der Waals surface area contributed by atoms with Gasteiger partial charge >= 0.3 is 0 Å². The summed E-state index contributed by atoms with van der Waals surface area (Å²) in [7, 11) is 2.01. The number of likely N-dealkylation sites (tertiary alicyclic amines) is 1. The van der Waals surface area contributed by atoms with E-state index < -0.39 is 0 Å². The summed E-state index contributed by atoms with van der Waals surface area (Å²) in [5.41, 5.74) is 1.22. The van der Waals surface area contributed by atoms with Crippen LogP contribution < -0.4 is 0 Å². The van der Waals surface area contributed by atoms with Crippen molar-refractivity contribution in [1.82, 2.24) is 14.5 Å². The van der Waals surface area contributed by atoms with E-state index in [-0.39, 0.29) is 0 Å². The average molecular weight is 221 g/mol. The number of hydrogen-bond acceptors (Lipinski definition) is 3. The van der Waals surface area contributed by atoms with E-state index >= 15 is 0 Å². The number of ketones is 1. The van der Waals surface area contributed by atoms with E-state index in [0.717, 1.165) is 19.5 Å². The molecule has 2 heterocycles. The van der Waals surface area contributed by atoms with Crippen LogP contribution in [0.4, 0.5) is 0 Å². The Labute approximate surface area is 96.3 Å². The van der Waals surface area contributed by atoms with Crippen LogP contribution >= 0.6 is 0 Å². The predicted molar refractivity (Wildman–Crippen MR) is 61.9 cm³/mol. The molecule has 4 heteroatoms. The third-order valence-corrected chi connectivity index (χ3v) is 3.30. The number of hydrogen-bond donors (Lipinski definition) is 0. The summed E-state index contributed by atoms with van der Waals surface area (Å²) in [6, 6.07) is 0.437. The summed E-state index contributed by atoms with van der Waals surface area (Å²) in [4.78, 5) is 17.7. The molecule has 1 unspecified atom stereocenters. The second-order valence-corrected chi connectivity index (χ2v) is 4.67. The molecule has 0 saturated carbocycles. The highest BCUT2D eigenvalue weighted by Crippen LogP contribution is 2.22. The molecule has 1 aromatic heterocycles. The molecule has 0 bridgehead atoms. The first-order valence-electron chi connectivity index (χ1n) is 5.85. The van der Waals surface area contributed by atoms with Crippen LogP contribution in [0.25, 0.3) is 0 Å². The summed E-state index contributed by atoms with van der Waals surface area (Å²) < 4.78 is 2.04. The number of imidazole rings is 1. The fourth-order valence-electron chi connectivity index (χ4n) is 2.41. The van der Waals surface area contributed by atoms with Crippen molar-refractivity contribution in [2.24, 2.45) is 7.05 Å². The van der Waals surface area contributed by atoms with E-state index in [1.165, 1.54) is 12.1 Å². The number of carbonyl (C=O) groups excluding carboxylic acids is 1. The molecule has 0 aromatic carbocycles. The molecule has 88 valence electrons. The van der Waals surface area contributed by atoms with Gasteiger partial charge in [-0.05, 0) is 26.3 Å². The van der Waals surface area contributed by atoms with E-state index in [9.17, 15) is 4.79 Å². The number of Topliss-reactive ketones (excluding diaryl/α,β-unsaturated/α-hetero) is 1. The maximum atomic E-state index is 11.2. The van der Waals surface area contributed by atoms with E-state index in [1.54, 1.807) is 6.92 Å². The second kappa shape index (κ2) is 4.78. The summed E-state index contributed by atoms with van der Waals surface area (Å²) >= 11 is 0. The Bertz CT molecular complexity index is 372. The minimum absolute atomic E-state index is 0.293. The standard InChI is InChI=1S/C12H19N3O/c1-10(16)6-11-4-3-5-15(11)8-12-7-13-9-14(12)2/h7,9,11H,3-6,8H2,1-2H3. The maximum Gasteiger partial charge on any atom is 0.131 e. The molecule has 0 N–H and O–H groups in total. The van der Waals surface area contributed by atoms with Gasteiger partial charge in [0.25, 0.3) is 0 Å². The van der Waals surface area contributed by atoms with Gasteiger partial charge in [0, 0.05) is 32.3 Å². The summed E-state index contributed by atoms with van der Waals surface area (Å²) in [5.74, 6) is 0.293. The van der Waals surface area contributed by atoms with Crippen molar-refractivity contribution in [2.75, 3.05) is 6.54 Å². The molecule has 1 aliphatic heterocycles. The normalized spacial score (nSPS) is 21.5. The third-order valence-electron chi connectivity index (χ3n) is 3.30. The van der Waals surface area contributed by atoms with Crippen LogP contribution in [0.3, 0.4) is 0 Å². The molecule has 1 aliphatic rings. The van der Waals surface area contributed by atoms with Gasteiger partial charge in [0.15, 0.2) is 0 Å². The van der Waals surface area contributed by atoms with Gasteiger partial charge in [0.05, 0.1) is 12.0 Å². The van der Waals surface area contributed by atoms with Crippen LogP contribution in [-0.4, -0.2) is 32.8 Å². The average Bonchev–Trinajstić information content (AvgIpc) is 2.78. The Morgan fingerprint density at radius 3 is 3.06 bits per heavy atom. The molecule has 1 atom stereocenters. The topological polar surface area (TPSA) is 38.1 Å². The molecular formula is C12H19N3O. The number of rotatable bonds is 4. The molecule has 0 radical (unpaired) electrons. The summed E-state index contributed by atoms with van der Waals surface area (Å²) in [6.45, 7) is 3.69. The fraction of sp³-hybridized carbons (Fsp3) is 0.667. The predicted octanol–water partition coefficient (Wildman–Crippen LogP) is 1.36. The van der Waals surface area contributed by atoms with Crippen molar-refractivity contribution in [3.63, 3.8) is 0 Å². The smallest absolute Gasteiger partial charge is 0.131 e. The quantitative estimate of drug-likeness (QED) is 0.770. The van der Waals surface area contributed by atoms with E-state index in [0.29, 0.717) is 18.2 Å². The van der Waals surface area contributed by atoms with Crippen molar-refractivity contribution in [2.45, 2.75) is 38.8 Å². The Hall–Kier alpha value is -1.16. The van der Waals surface area contributed by atoms with Crippen molar-refractivity contribution >= 4 is 5.78 Å². The van der Waals surface area contributed by atoms with Crippen LogP contribution in [0.15, 0.2) is 12.5 Å². The fourth-order valence-corrected chi connectivity index (χ4v) is 2.41. The highest BCUT2D eigenvalue weighted by molar-refractivity contribution is 5.76. The van der Waals surface area contributed by atoms with Crippen LogP contribution in [0.1, 0.15) is 31.9 Å².